The minimum absolute atomic E-state index is 0.394. The van der Waals surface area contributed by atoms with E-state index in [1.54, 1.807) is 0 Å². The summed E-state index contributed by atoms with van der Waals surface area (Å²) in [6, 6.07) is 0. The second-order valence-corrected chi connectivity index (χ2v) is 4.69. The van der Waals surface area contributed by atoms with Gasteiger partial charge in [-0.1, -0.05) is 13.8 Å². The fraction of sp³-hybridized carbons (Fsp3) is 0.750. The predicted octanol–water partition coefficient (Wildman–Crippen LogP) is 1.36. The summed E-state index contributed by atoms with van der Waals surface area (Å²) in [6.45, 7) is 6.69. The van der Waals surface area contributed by atoms with E-state index in [0.29, 0.717) is 11.4 Å². The zero-order chi connectivity index (χ0) is 9.47. The number of nitrogen functional groups attached to an aromatic ring is 1. The van der Waals surface area contributed by atoms with Gasteiger partial charge in [-0.25, -0.2) is 0 Å². The molecule has 1 aromatic heterocycles. The summed E-state index contributed by atoms with van der Waals surface area (Å²) >= 11 is 1.38. The Kier molecular flexibility index (Phi) is 1.91. The Labute approximate surface area is 81.9 Å². The van der Waals surface area contributed by atoms with E-state index in [1.165, 1.54) is 18.0 Å². The predicted molar refractivity (Wildman–Crippen MR) is 54.9 cm³/mol. The van der Waals surface area contributed by atoms with Crippen LogP contribution in [0.25, 0.3) is 0 Å². The number of anilines is 2. The van der Waals surface area contributed by atoms with Gasteiger partial charge in [0.2, 0.25) is 11.1 Å². The fourth-order valence-electron chi connectivity index (χ4n) is 1.59. The van der Waals surface area contributed by atoms with Crippen molar-refractivity contribution in [2.45, 2.75) is 20.3 Å². The third kappa shape index (κ3) is 1.48. The standard InChI is InChI=1S/C8H14N4S/c1-3-8(2)4-12(5-8)7-10-6(9)11-13-7/h3-5H2,1-2H3,(H2,9,11). The van der Waals surface area contributed by atoms with Crippen molar-refractivity contribution in [1.29, 1.82) is 0 Å². The van der Waals surface area contributed by atoms with E-state index in [0.717, 1.165) is 18.2 Å². The van der Waals surface area contributed by atoms with Gasteiger partial charge < -0.3 is 10.6 Å². The lowest BCUT2D eigenvalue weighted by Gasteiger charge is -2.47. The lowest BCUT2D eigenvalue weighted by molar-refractivity contribution is 0.234. The molecule has 0 saturated carbocycles. The molecular formula is C8H14N4S. The molecule has 0 aliphatic carbocycles. The van der Waals surface area contributed by atoms with Crippen LogP contribution in [0.15, 0.2) is 0 Å². The van der Waals surface area contributed by atoms with Crippen LogP contribution >= 0.6 is 11.5 Å². The smallest absolute Gasteiger partial charge is 0.233 e. The molecule has 1 saturated heterocycles. The highest BCUT2D eigenvalue weighted by atomic mass is 32.1. The molecule has 1 aliphatic rings. The molecule has 0 aromatic carbocycles. The summed E-state index contributed by atoms with van der Waals surface area (Å²) in [6.07, 6.45) is 1.22. The van der Waals surface area contributed by atoms with Crippen LogP contribution in [0.4, 0.5) is 11.1 Å². The summed E-state index contributed by atoms with van der Waals surface area (Å²) in [5.41, 5.74) is 5.93. The van der Waals surface area contributed by atoms with Crippen LogP contribution in [0.5, 0.6) is 0 Å². The number of nitrogens with zero attached hydrogens (tertiary/aromatic N) is 3. The molecular weight excluding hydrogens is 184 g/mol. The minimum Gasteiger partial charge on any atom is -0.367 e. The number of hydrogen-bond acceptors (Lipinski definition) is 5. The van der Waals surface area contributed by atoms with E-state index in [-0.39, 0.29) is 0 Å². The van der Waals surface area contributed by atoms with Crippen LogP contribution in [-0.2, 0) is 0 Å². The third-order valence-electron chi connectivity index (χ3n) is 2.70. The molecule has 1 aromatic rings. The highest BCUT2D eigenvalue weighted by Gasteiger charge is 2.38. The van der Waals surface area contributed by atoms with E-state index in [9.17, 15) is 0 Å². The van der Waals surface area contributed by atoms with Gasteiger partial charge in [0.05, 0.1) is 0 Å². The molecule has 0 radical (unpaired) electrons. The van der Waals surface area contributed by atoms with Crippen LogP contribution in [-0.4, -0.2) is 22.4 Å². The van der Waals surface area contributed by atoms with E-state index >= 15 is 0 Å². The van der Waals surface area contributed by atoms with Gasteiger partial charge in [-0.05, 0) is 6.42 Å². The first kappa shape index (κ1) is 8.74. The Morgan fingerprint density at radius 3 is 2.77 bits per heavy atom. The topological polar surface area (TPSA) is 55.0 Å². The van der Waals surface area contributed by atoms with Crippen LogP contribution in [0.3, 0.4) is 0 Å². The molecule has 2 heterocycles. The number of rotatable bonds is 2. The Bertz CT molecular complexity index is 303. The molecule has 0 unspecified atom stereocenters. The lowest BCUT2D eigenvalue weighted by Crippen LogP contribution is -2.54. The van der Waals surface area contributed by atoms with Crippen molar-refractivity contribution in [3.05, 3.63) is 0 Å². The Balaban J connectivity index is 2.01. The summed E-state index contributed by atoms with van der Waals surface area (Å²) in [7, 11) is 0. The first-order valence-electron chi connectivity index (χ1n) is 4.47. The van der Waals surface area contributed by atoms with Gasteiger partial charge in [-0.15, -0.1) is 0 Å². The molecule has 2 rings (SSSR count). The fourth-order valence-corrected chi connectivity index (χ4v) is 2.18. The maximum absolute atomic E-state index is 5.46. The van der Waals surface area contributed by atoms with Crippen molar-refractivity contribution in [3.63, 3.8) is 0 Å². The highest BCUT2D eigenvalue weighted by molar-refractivity contribution is 7.09. The van der Waals surface area contributed by atoms with Crippen molar-refractivity contribution in [2.24, 2.45) is 5.41 Å². The molecule has 72 valence electrons. The van der Waals surface area contributed by atoms with Gasteiger partial charge in [0.15, 0.2) is 0 Å². The van der Waals surface area contributed by atoms with Crippen molar-refractivity contribution in [2.75, 3.05) is 23.7 Å². The van der Waals surface area contributed by atoms with Crippen molar-refractivity contribution in [1.82, 2.24) is 9.36 Å². The summed E-state index contributed by atoms with van der Waals surface area (Å²) in [5, 5.41) is 0.962. The molecule has 2 N–H and O–H groups in total. The van der Waals surface area contributed by atoms with Crippen LogP contribution in [0.2, 0.25) is 0 Å². The molecule has 1 aliphatic heterocycles. The van der Waals surface area contributed by atoms with Crippen LogP contribution in [0, 0.1) is 5.41 Å². The molecule has 0 spiro atoms. The molecule has 5 heteroatoms. The van der Waals surface area contributed by atoms with Gasteiger partial charge in [-0.3, -0.25) is 0 Å². The molecule has 0 atom stereocenters. The molecule has 0 bridgehead atoms. The van der Waals surface area contributed by atoms with E-state index < -0.39 is 0 Å². The first-order valence-corrected chi connectivity index (χ1v) is 5.24. The van der Waals surface area contributed by atoms with Gasteiger partial charge in [-0.2, -0.15) is 9.36 Å². The highest BCUT2D eigenvalue weighted by Crippen LogP contribution is 2.37. The SMILES string of the molecule is CCC1(C)CN(c2nc(N)ns2)C1. The molecule has 4 nitrogen and oxygen atoms in total. The maximum Gasteiger partial charge on any atom is 0.233 e. The van der Waals surface area contributed by atoms with Crippen LogP contribution < -0.4 is 10.6 Å². The Morgan fingerprint density at radius 2 is 2.31 bits per heavy atom. The molecule has 1 fully saturated rings. The average Bonchev–Trinajstić information content (AvgIpc) is 2.46. The minimum atomic E-state index is 0.394. The van der Waals surface area contributed by atoms with E-state index in [2.05, 4.69) is 28.1 Å². The van der Waals surface area contributed by atoms with Gasteiger partial charge in [0.1, 0.15) is 0 Å². The average molecular weight is 198 g/mol. The van der Waals surface area contributed by atoms with Gasteiger partial charge in [0.25, 0.3) is 0 Å². The van der Waals surface area contributed by atoms with Gasteiger partial charge in [0, 0.05) is 30.0 Å². The zero-order valence-corrected chi connectivity index (χ0v) is 8.77. The quantitative estimate of drug-likeness (QED) is 0.779. The van der Waals surface area contributed by atoms with Crippen molar-refractivity contribution in [3.8, 4) is 0 Å². The molecule has 0 amide bonds. The summed E-state index contributed by atoms with van der Waals surface area (Å²) in [5.74, 6) is 0.394. The Hall–Kier alpha value is -0.840. The van der Waals surface area contributed by atoms with Gasteiger partial charge >= 0.3 is 0 Å². The van der Waals surface area contributed by atoms with Crippen molar-refractivity contribution >= 4 is 22.6 Å². The Morgan fingerprint density at radius 1 is 1.62 bits per heavy atom. The largest absolute Gasteiger partial charge is 0.367 e. The number of hydrogen-bond donors (Lipinski definition) is 1. The number of aromatic nitrogens is 2. The van der Waals surface area contributed by atoms with Crippen molar-refractivity contribution < 1.29 is 0 Å². The summed E-state index contributed by atoms with van der Waals surface area (Å²) in [4.78, 5) is 6.38. The second-order valence-electron chi connectivity index (χ2n) is 3.96. The monoisotopic (exact) mass is 198 g/mol. The zero-order valence-electron chi connectivity index (χ0n) is 7.95. The summed E-state index contributed by atoms with van der Waals surface area (Å²) < 4.78 is 3.96. The third-order valence-corrected chi connectivity index (χ3v) is 3.49. The first-order chi connectivity index (χ1) is 6.13. The maximum atomic E-state index is 5.46. The van der Waals surface area contributed by atoms with E-state index in [4.69, 9.17) is 5.73 Å². The lowest BCUT2D eigenvalue weighted by atomic mass is 9.80. The normalized spacial score (nSPS) is 20.0. The molecule has 13 heavy (non-hydrogen) atoms. The van der Waals surface area contributed by atoms with Crippen LogP contribution in [0.1, 0.15) is 20.3 Å². The van der Waals surface area contributed by atoms with E-state index in [1.807, 2.05) is 0 Å². The number of nitrogens with two attached hydrogens (primary N) is 1. The second kappa shape index (κ2) is 2.83.